The molecule has 0 radical (unpaired) electrons. The molecule has 47 heavy (non-hydrogen) atoms. The molecule has 0 bridgehead atoms. The first-order valence-corrected chi connectivity index (χ1v) is 17.4. The van der Waals surface area contributed by atoms with Crippen LogP contribution in [0.5, 0.6) is 0 Å². The van der Waals surface area contributed by atoms with Crippen molar-refractivity contribution in [2.45, 2.75) is 139 Å². The van der Waals surface area contributed by atoms with Crippen LogP contribution in [0.15, 0.2) is 11.6 Å². The second-order valence-electron chi connectivity index (χ2n) is 16.2. The van der Waals surface area contributed by atoms with Crippen molar-refractivity contribution in [2.75, 3.05) is 19.8 Å². The second-order valence-corrected chi connectivity index (χ2v) is 16.2. The van der Waals surface area contributed by atoms with Crippen LogP contribution in [0, 0.1) is 34.5 Å². The third kappa shape index (κ3) is 5.18. The number of carbonyl (C=O) groups is 1. The molecule has 0 amide bonds. The lowest BCUT2D eigenvalue weighted by Crippen LogP contribution is -2.66. The van der Waals surface area contributed by atoms with Crippen molar-refractivity contribution in [3.8, 4) is 0 Å². The van der Waals surface area contributed by atoms with Gasteiger partial charge in [0.05, 0.1) is 37.1 Å². The molecule has 4 saturated carbocycles. The summed E-state index contributed by atoms with van der Waals surface area (Å²) in [6.07, 6.45) is -2.38. The van der Waals surface area contributed by atoms with Gasteiger partial charge in [0.25, 0.3) is 0 Å². The van der Waals surface area contributed by atoms with E-state index in [1.807, 2.05) is 0 Å². The van der Waals surface area contributed by atoms with Gasteiger partial charge < -0.3 is 59.4 Å². The molecule has 4 aliphatic carbocycles. The molecule has 3 heterocycles. The highest BCUT2D eigenvalue weighted by Gasteiger charge is 2.70. The Bertz CT molecular complexity index is 1250. The van der Waals surface area contributed by atoms with Gasteiger partial charge in [-0.05, 0) is 93.0 Å². The third-order valence-electron chi connectivity index (χ3n) is 13.8. The smallest absolute Gasteiger partial charge is 0.331 e. The van der Waals surface area contributed by atoms with Gasteiger partial charge in [0.1, 0.15) is 36.6 Å². The van der Waals surface area contributed by atoms with E-state index >= 15 is 0 Å². The molecule has 13 heteroatoms. The molecular weight excluding hydrogens is 616 g/mol. The standard InChI is InChI=1S/C34H52O13/c1-16-27(47-30-28(40)33(41,14-35)15-44-30)25(38)26(39)29(45-16)46-19-6-8-31(2)18(11-19)4-5-21-24(31)22(36)12-32(3)20(7-9-34(21,32)42)17-10-23(37)43-13-17/h10,16,18-22,24-30,35-36,38-42H,4-9,11-15H2,1-3H3/t16-,18+,19-,20+,21+,22+,24+,25-,26+,27-,28-,29-,30-,31-,32+,33+,34-/m0/s1. The summed E-state index contributed by atoms with van der Waals surface area (Å²) in [6.45, 7) is 5.17. The van der Waals surface area contributed by atoms with E-state index in [4.69, 9.17) is 23.7 Å². The monoisotopic (exact) mass is 668 g/mol. The molecule has 7 aliphatic rings. The second kappa shape index (κ2) is 11.9. The number of carbonyl (C=O) groups excluding carboxylic acids is 1. The fourth-order valence-corrected chi connectivity index (χ4v) is 11.2. The summed E-state index contributed by atoms with van der Waals surface area (Å²) in [5.74, 6) is -0.266. The lowest BCUT2D eigenvalue weighted by molar-refractivity contribution is -0.333. The molecule has 6 fully saturated rings. The molecule has 7 rings (SSSR count). The number of fused-ring (bicyclic) bond motifs is 5. The number of hydrogen-bond donors (Lipinski definition) is 7. The summed E-state index contributed by atoms with van der Waals surface area (Å²) < 4.78 is 28.6. The predicted octanol–water partition coefficient (Wildman–Crippen LogP) is -0.108. The molecule has 2 saturated heterocycles. The largest absolute Gasteiger partial charge is 0.458 e. The van der Waals surface area contributed by atoms with E-state index in [1.54, 1.807) is 13.0 Å². The highest BCUT2D eigenvalue weighted by atomic mass is 16.7. The Hall–Kier alpha value is -1.23. The van der Waals surface area contributed by atoms with Gasteiger partial charge in [0, 0.05) is 11.5 Å². The van der Waals surface area contributed by atoms with E-state index in [0.717, 1.165) is 31.3 Å². The SMILES string of the molecule is C[C@@H]1O[C@@H](O[C@H]2CC[C@@]3(C)[C@H](CC[C@@H]4[C@@H]3[C@H](O)C[C@]3(C)[C@@H](C5=CC(=O)OC5)CC[C@]43O)C2)[C@H](O)[C@H](O)[C@H]1O[C@@H]1OC[C@](O)(CO)[C@H]1O. The van der Waals surface area contributed by atoms with Crippen molar-refractivity contribution >= 4 is 5.97 Å². The minimum absolute atomic E-state index is 0.00610. The van der Waals surface area contributed by atoms with Crippen LogP contribution in [0.25, 0.3) is 0 Å². The summed E-state index contributed by atoms with van der Waals surface area (Å²) in [6, 6.07) is 0. The van der Waals surface area contributed by atoms with Gasteiger partial charge in [-0.25, -0.2) is 4.79 Å². The zero-order chi connectivity index (χ0) is 33.7. The molecule has 3 aliphatic heterocycles. The van der Waals surface area contributed by atoms with Gasteiger partial charge in [-0.2, -0.15) is 0 Å². The van der Waals surface area contributed by atoms with Crippen LogP contribution in [0.2, 0.25) is 0 Å². The molecule has 266 valence electrons. The molecule has 0 aromatic heterocycles. The van der Waals surface area contributed by atoms with Crippen molar-refractivity contribution < 1.29 is 64.2 Å². The van der Waals surface area contributed by atoms with Gasteiger partial charge in [0.2, 0.25) is 0 Å². The van der Waals surface area contributed by atoms with E-state index in [0.29, 0.717) is 25.7 Å². The Balaban J connectivity index is 1.00. The summed E-state index contributed by atoms with van der Waals surface area (Å²) in [5.41, 5.74) is -2.68. The van der Waals surface area contributed by atoms with Gasteiger partial charge >= 0.3 is 5.97 Å². The van der Waals surface area contributed by atoms with Crippen LogP contribution >= 0.6 is 0 Å². The Kier molecular flexibility index (Phi) is 8.69. The maximum atomic E-state index is 12.5. The molecule has 13 nitrogen and oxygen atoms in total. The summed E-state index contributed by atoms with van der Waals surface area (Å²) in [4.78, 5) is 11.9. The first kappa shape index (κ1) is 34.2. The van der Waals surface area contributed by atoms with Crippen molar-refractivity contribution in [3.63, 3.8) is 0 Å². The molecule has 17 atom stereocenters. The van der Waals surface area contributed by atoms with Crippen molar-refractivity contribution in [1.82, 2.24) is 0 Å². The zero-order valence-electron chi connectivity index (χ0n) is 27.4. The lowest BCUT2D eigenvalue weighted by atomic mass is 9.42. The first-order chi connectivity index (χ1) is 22.1. The highest BCUT2D eigenvalue weighted by Crippen LogP contribution is 2.70. The zero-order valence-corrected chi connectivity index (χ0v) is 27.4. The Morgan fingerprint density at radius 3 is 2.43 bits per heavy atom. The summed E-state index contributed by atoms with van der Waals surface area (Å²) in [7, 11) is 0. The van der Waals surface area contributed by atoms with E-state index in [1.165, 1.54) is 0 Å². The van der Waals surface area contributed by atoms with E-state index in [-0.39, 0.29) is 54.4 Å². The van der Waals surface area contributed by atoms with Crippen molar-refractivity contribution in [1.29, 1.82) is 0 Å². The molecule has 7 N–H and O–H groups in total. The van der Waals surface area contributed by atoms with Crippen LogP contribution in [-0.2, 0) is 28.5 Å². The van der Waals surface area contributed by atoms with Gasteiger partial charge in [-0.1, -0.05) is 13.8 Å². The van der Waals surface area contributed by atoms with Crippen LogP contribution in [-0.4, -0.2) is 128 Å². The fourth-order valence-electron chi connectivity index (χ4n) is 11.2. The number of esters is 1. The van der Waals surface area contributed by atoms with Crippen LogP contribution in [0.3, 0.4) is 0 Å². The van der Waals surface area contributed by atoms with Gasteiger partial charge in [-0.3, -0.25) is 0 Å². The van der Waals surface area contributed by atoms with Crippen molar-refractivity contribution in [3.05, 3.63) is 11.6 Å². The van der Waals surface area contributed by atoms with Crippen LogP contribution < -0.4 is 0 Å². The van der Waals surface area contributed by atoms with Crippen molar-refractivity contribution in [2.24, 2.45) is 34.5 Å². The Morgan fingerprint density at radius 2 is 1.74 bits per heavy atom. The molecule has 0 unspecified atom stereocenters. The third-order valence-corrected chi connectivity index (χ3v) is 13.8. The number of aliphatic hydroxyl groups excluding tert-OH is 5. The first-order valence-electron chi connectivity index (χ1n) is 17.4. The molecular formula is C34H52O13. The maximum absolute atomic E-state index is 12.5. The number of rotatable bonds is 6. The van der Waals surface area contributed by atoms with Gasteiger partial charge in [0.15, 0.2) is 12.6 Å². The Morgan fingerprint density at radius 1 is 0.979 bits per heavy atom. The van der Waals surface area contributed by atoms with Crippen LogP contribution in [0.4, 0.5) is 0 Å². The normalized spacial score (nSPS) is 56.0. The van der Waals surface area contributed by atoms with E-state index < -0.39 is 72.4 Å². The molecule has 0 aromatic rings. The topological polar surface area (TPSA) is 205 Å². The average molecular weight is 669 g/mol. The quantitative estimate of drug-likeness (QED) is 0.146. The number of aliphatic hydroxyl groups is 7. The lowest BCUT2D eigenvalue weighted by Gasteiger charge is -2.65. The van der Waals surface area contributed by atoms with Gasteiger partial charge in [-0.15, -0.1) is 0 Å². The summed E-state index contributed by atoms with van der Waals surface area (Å²) in [5, 5.41) is 76.4. The average Bonchev–Trinajstić information content (AvgIpc) is 3.67. The number of cyclic esters (lactones) is 1. The summed E-state index contributed by atoms with van der Waals surface area (Å²) >= 11 is 0. The highest BCUT2D eigenvalue weighted by molar-refractivity contribution is 5.85. The maximum Gasteiger partial charge on any atom is 0.331 e. The molecule has 0 spiro atoms. The number of hydrogen-bond acceptors (Lipinski definition) is 13. The van der Waals surface area contributed by atoms with Crippen LogP contribution in [0.1, 0.15) is 72.1 Å². The number of ether oxygens (including phenoxy) is 5. The van der Waals surface area contributed by atoms with E-state index in [2.05, 4.69) is 13.8 Å². The minimum Gasteiger partial charge on any atom is -0.458 e. The predicted molar refractivity (Wildman–Crippen MR) is 161 cm³/mol. The van der Waals surface area contributed by atoms with E-state index in [9.17, 15) is 40.5 Å². The minimum atomic E-state index is -1.89. The Labute approximate surface area is 274 Å². The fraction of sp³-hybridized carbons (Fsp3) is 0.912. The molecule has 0 aromatic carbocycles.